The molecule has 0 radical (unpaired) electrons. The van der Waals surface area contributed by atoms with Crippen molar-refractivity contribution in [2.75, 3.05) is 0 Å². The van der Waals surface area contributed by atoms with E-state index < -0.39 is 5.97 Å². The SMILES string of the molecule is N=NCc1cccc(C(=O)O)c1. The number of benzene rings is 1. The van der Waals surface area contributed by atoms with Crippen molar-refractivity contribution in [2.24, 2.45) is 5.11 Å². The number of carboxylic acid groups (broad SMARTS) is 1. The van der Waals surface area contributed by atoms with Gasteiger partial charge >= 0.3 is 5.97 Å². The van der Waals surface area contributed by atoms with Crippen LogP contribution in [0.25, 0.3) is 0 Å². The summed E-state index contributed by atoms with van der Waals surface area (Å²) >= 11 is 0. The predicted molar refractivity (Wildman–Crippen MR) is 42.3 cm³/mol. The van der Waals surface area contributed by atoms with Crippen molar-refractivity contribution in [3.05, 3.63) is 35.4 Å². The molecule has 1 rings (SSSR count). The van der Waals surface area contributed by atoms with Crippen LogP contribution in [0.5, 0.6) is 0 Å². The zero-order valence-corrected chi connectivity index (χ0v) is 6.32. The van der Waals surface area contributed by atoms with Crippen LogP contribution in [0.3, 0.4) is 0 Å². The highest BCUT2D eigenvalue weighted by Crippen LogP contribution is 2.05. The second-order valence-corrected chi connectivity index (χ2v) is 2.32. The summed E-state index contributed by atoms with van der Waals surface area (Å²) in [7, 11) is 0. The van der Waals surface area contributed by atoms with Gasteiger partial charge in [0.25, 0.3) is 0 Å². The average Bonchev–Trinajstić information content (AvgIpc) is 2.05. The van der Waals surface area contributed by atoms with Crippen molar-refractivity contribution in [1.29, 1.82) is 5.53 Å². The monoisotopic (exact) mass is 164 g/mol. The molecule has 0 saturated carbocycles. The Kier molecular flexibility index (Phi) is 2.53. The van der Waals surface area contributed by atoms with Crippen LogP contribution in [0.15, 0.2) is 29.4 Å². The Labute approximate surface area is 69.4 Å². The summed E-state index contributed by atoms with van der Waals surface area (Å²) in [4.78, 5) is 10.5. The molecule has 4 heteroatoms. The minimum atomic E-state index is -0.957. The van der Waals surface area contributed by atoms with Crippen LogP contribution >= 0.6 is 0 Å². The number of aromatic carboxylic acids is 1. The van der Waals surface area contributed by atoms with Crippen LogP contribution in [0.1, 0.15) is 15.9 Å². The fourth-order valence-electron chi connectivity index (χ4n) is 0.894. The number of carboxylic acids is 1. The molecule has 0 aliphatic rings. The first kappa shape index (κ1) is 8.39. The smallest absolute Gasteiger partial charge is 0.335 e. The zero-order valence-electron chi connectivity index (χ0n) is 6.32. The van der Waals surface area contributed by atoms with Gasteiger partial charge in [0.2, 0.25) is 0 Å². The third-order valence-corrected chi connectivity index (χ3v) is 1.44. The highest BCUT2D eigenvalue weighted by molar-refractivity contribution is 5.87. The van der Waals surface area contributed by atoms with Gasteiger partial charge in [-0.3, -0.25) is 0 Å². The molecule has 0 bridgehead atoms. The summed E-state index contributed by atoms with van der Waals surface area (Å²) < 4.78 is 0. The molecule has 0 unspecified atom stereocenters. The molecular formula is C8H8N2O2. The Bertz CT molecular complexity index is 310. The second kappa shape index (κ2) is 3.61. The molecule has 12 heavy (non-hydrogen) atoms. The van der Waals surface area contributed by atoms with Crippen LogP contribution in [-0.4, -0.2) is 11.1 Å². The topological polar surface area (TPSA) is 73.5 Å². The number of nitrogens with zero attached hydrogens (tertiary/aromatic N) is 1. The van der Waals surface area contributed by atoms with E-state index in [9.17, 15) is 4.79 Å². The second-order valence-electron chi connectivity index (χ2n) is 2.32. The third kappa shape index (κ3) is 1.88. The highest BCUT2D eigenvalue weighted by atomic mass is 16.4. The van der Waals surface area contributed by atoms with E-state index >= 15 is 0 Å². The van der Waals surface area contributed by atoms with E-state index in [4.69, 9.17) is 10.6 Å². The highest BCUT2D eigenvalue weighted by Gasteiger charge is 2.01. The first-order valence-electron chi connectivity index (χ1n) is 3.39. The van der Waals surface area contributed by atoms with E-state index in [1.54, 1.807) is 12.1 Å². The molecule has 1 aromatic carbocycles. The molecule has 62 valence electrons. The Morgan fingerprint density at radius 3 is 2.92 bits per heavy atom. The molecule has 0 spiro atoms. The molecule has 2 N–H and O–H groups in total. The Morgan fingerprint density at radius 1 is 1.58 bits per heavy atom. The van der Waals surface area contributed by atoms with Crippen molar-refractivity contribution >= 4 is 5.97 Å². The number of hydrogen-bond donors (Lipinski definition) is 2. The van der Waals surface area contributed by atoms with Gasteiger partial charge in [0.15, 0.2) is 0 Å². The molecule has 0 aliphatic heterocycles. The minimum Gasteiger partial charge on any atom is -0.478 e. The molecule has 0 atom stereocenters. The lowest BCUT2D eigenvalue weighted by atomic mass is 10.1. The Hall–Kier alpha value is -1.71. The van der Waals surface area contributed by atoms with Gasteiger partial charge in [0.05, 0.1) is 12.1 Å². The summed E-state index contributed by atoms with van der Waals surface area (Å²) in [5.41, 5.74) is 7.57. The molecule has 4 nitrogen and oxygen atoms in total. The predicted octanol–water partition coefficient (Wildman–Crippen LogP) is 1.92. The van der Waals surface area contributed by atoms with Crippen molar-refractivity contribution in [2.45, 2.75) is 6.54 Å². The first-order chi connectivity index (χ1) is 5.74. The van der Waals surface area contributed by atoms with Crippen LogP contribution in [0, 0.1) is 5.53 Å². The zero-order chi connectivity index (χ0) is 8.97. The fourth-order valence-corrected chi connectivity index (χ4v) is 0.894. The third-order valence-electron chi connectivity index (χ3n) is 1.44. The van der Waals surface area contributed by atoms with Gasteiger partial charge in [-0.05, 0) is 17.7 Å². The molecule has 0 saturated heterocycles. The van der Waals surface area contributed by atoms with Crippen LogP contribution in [0.4, 0.5) is 0 Å². The van der Waals surface area contributed by atoms with E-state index in [2.05, 4.69) is 5.11 Å². The van der Waals surface area contributed by atoms with E-state index in [0.717, 1.165) is 5.56 Å². The summed E-state index contributed by atoms with van der Waals surface area (Å²) in [5.74, 6) is -0.957. The molecule has 0 amide bonds. The quantitative estimate of drug-likeness (QED) is 0.669. The van der Waals surface area contributed by atoms with Crippen molar-refractivity contribution in [1.82, 2.24) is 0 Å². The molecule has 0 aliphatic carbocycles. The standard InChI is InChI=1S/C8H8N2O2/c9-10-5-6-2-1-3-7(4-6)8(11)12/h1-4,9H,5H2,(H,11,12). The van der Waals surface area contributed by atoms with Gasteiger partial charge in [-0.15, -0.1) is 0 Å². The van der Waals surface area contributed by atoms with Crippen molar-refractivity contribution in [3.8, 4) is 0 Å². The average molecular weight is 164 g/mol. The van der Waals surface area contributed by atoms with Gasteiger partial charge in [0.1, 0.15) is 0 Å². The Morgan fingerprint density at radius 2 is 2.33 bits per heavy atom. The van der Waals surface area contributed by atoms with Crippen molar-refractivity contribution in [3.63, 3.8) is 0 Å². The lowest BCUT2D eigenvalue weighted by Crippen LogP contribution is -1.96. The number of hydrogen-bond acceptors (Lipinski definition) is 3. The van der Waals surface area contributed by atoms with Crippen molar-refractivity contribution < 1.29 is 9.90 Å². The Balaban J connectivity index is 2.95. The maximum absolute atomic E-state index is 10.5. The summed E-state index contributed by atoms with van der Waals surface area (Å²) in [5, 5.41) is 11.8. The van der Waals surface area contributed by atoms with Gasteiger partial charge in [-0.1, -0.05) is 12.1 Å². The normalized spacial score (nSPS) is 9.33. The number of carbonyl (C=O) groups is 1. The summed E-state index contributed by atoms with van der Waals surface area (Å²) in [6.07, 6.45) is 0. The van der Waals surface area contributed by atoms with Crippen LogP contribution in [0.2, 0.25) is 0 Å². The largest absolute Gasteiger partial charge is 0.478 e. The lowest BCUT2D eigenvalue weighted by Gasteiger charge is -1.96. The maximum atomic E-state index is 10.5. The molecular weight excluding hydrogens is 156 g/mol. The summed E-state index contributed by atoms with van der Waals surface area (Å²) in [6, 6.07) is 6.41. The van der Waals surface area contributed by atoms with Crippen LogP contribution in [-0.2, 0) is 6.54 Å². The van der Waals surface area contributed by atoms with Gasteiger partial charge in [-0.2, -0.15) is 5.11 Å². The van der Waals surface area contributed by atoms with Gasteiger partial charge in [-0.25, -0.2) is 10.3 Å². The van der Waals surface area contributed by atoms with Gasteiger partial charge in [0, 0.05) is 0 Å². The van der Waals surface area contributed by atoms with E-state index in [-0.39, 0.29) is 12.1 Å². The van der Waals surface area contributed by atoms with E-state index in [1.807, 2.05) is 0 Å². The van der Waals surface area contributed by atoms with E-state index in [1.165, 1.54) is 12.1 Å². The molecule has 0 heterocycles. The van der Waals surface area contributed by atoms with E-state index in [0.29, 0.717) is 0 Å². The maximum Gasteiger partial charge on any atom is 0.335 e. The molecule has 1 aromatic rings. The summed E-state index contributed by atoms with van der Waals surface area (Å²) in [6.45, 7) is 0.237. The first-order valence-corrected chi connectivity index (χ1v) is 3.39. The minimum absolute atomic E-state index is 0.233. The van der Waals surface area contributed by atoms with Gasteiger partial charge < -0.3 is 5.11 Å². The number of rotatable bonds is 3. The fraction of sp³-hybridized carbons (Fsp3) is 0.125. The molecule has 0 fully saturated rings. The lowest BCUT2D eigenvalue weighted by molar-refractivity contribution is 0.0697. The molecule has 0 aromatic heterocycles. The van der Waals surface area contributed by atoms with Crippen LogP contribution < -0.4 is 0 Å². The number of nitrogens with one attached hydrogen (secondary N) is 1.